The van der Waals surface area contributed by atoms with Crippen molar-refractivity contribution in [1.29, 1.82) is 0 Å². The van der Waals surface area contributed by atoms with E-state index in [1.165, 1.54) is 0 Å². The maximum Gasteiger partial charge on any atom is 0.252 e. The van der Waals surface area contributed by atoms with Gasteiger partial charge in [-0.25, -0.2) is 0 Å². The van der Waals surface area contributed by atoms with E-state index in [1.807, 2.05) is 54.6 Å². The highest BCUT2D eigenvalue weighted by molar-refractivity contribution is 6.01. The smallest absolute Gasteiger partial charge is 0.252 e. The number of anilines is 1. The van der Waals surface area contributed by atoms with Gasteiger partial charge in [0.25, 0.3) is 11.8 Å². The van der Waals surface area contributed by atoms with Crippen LogP contribution in [-0.2, 0) is 16.1 Å². The van der Waals surface area contributed by atoms with E-state index < -0.39 is 6.04 Å². The molecular formula is C26H27N3O3. The fraction of sp³-hybridized carbons (Fsp3) is 0.231. The van der Waals surface area contributed by atoms with Crippen LogP contribution < -0.4 is 10.6 Å². The van der Waals surface area contributed by atoms with E-state index in [1.54, 1.807) is 24.3 Å². The average molecular weight is 430 g/mol. The van der Waals surface area contributed by atoms with Gasteiger partial charge in [0.05, 0.1) is 13.2 Å². The van der Waals surface area contributed by atoms with Gasteiger partial charge >= 0.3 is 0 Å². The average Bonchev–Trinajstić information content (AvgIpc) is 2.84. The maximum atomic E-state index is 13.2. The standard InChI is InChI=1S/C26H27N3O3/c30-25(22-11-5-2-6-12-22)28-24(21-9-3-1-4-10-21)26(31)27-23-13-7-8-20(18-23)19-29-14-16-32-17-15-29/h1-13,18,24H,14-17,19H2,(H,27,31)(H,28,30). The summed E-state index contributed by atoms with van der Waals surface area (Å²) in [6.45, 7) is 4.10. The minimum Gasteiger partial charge on any atom is -0.379 e. The number of nitrogens with one attached hydrogen (secondary N) is 2. The number of hydrogen-bond donors (Lipinski definition) is 2. The van der Waals surface area contributed by atoms with Crippen LogP contribution in [0.5, 0.6) is 0 Å². The SMILES string of the molecule is O=C(NC(C(=O)Nc1cccc(CN2CCOCC2)c1)c1ccccc1)c1ccccc1. The number of benzene rings is 3. The third-order valence-corrected chi connectivity index (χ3v) is 5.41. The van der Waals surface area contributed by atoms with Gasteiger partial charge in [-0.05, 0) is 35.4 Å². The van der Waals surface area contributed by atoms with Crippen molar-refractivity contribution in [2.45, 2.75) is 12.6 Å². The third-order valence-electron chi connectivity index (χ3n) is 5.41. The molecule has 1 aliphatic heterocycles. The van der Waals surface area contributed by atoms with Crippen LogP contribution >= 0.6 is 0 Å². The van der Waals surface area contributed by atoms with Crippen LogP contribution in [-0.4, -0.2) is 43.0 Å². The monoisotopic (exact) mass is 429 g/mol. The third kappa shape index (κ3) is 5.81. The van der Waals surface area contributed by atoms with Crippen molar-refractivity contribution in [3.05, 3.63) is 102 Å². The maximum absolute atomic E-state index is 13.2. The van der Waals surface area contributed by atoms with Crippen molar-refractivity contribution in [2.75, 3.05) is 31.6 Å². The lowest BCUT2D eigenvalue weighted by molar-refractivity contribution is -0.118. The first-order valence-electron chi connectivity index (χ1n) is 10.8. The van der Waals surface area contributed by atoms with Crippen LogP contribution in [0.4, 0.5) is 5.69 Å². The fourth-order valence-electron chi connectivity index (χ4n) is 3.73. The first kappa shape index (κ1) is 21.7. The van der Waals surface area contributed by atoms with Crippen molar-refractivity contribution >= 4 is 17.5 Å². The van der Waals surface area contributed by atoms with Crippen LogP contribution in [0.3, 0.4) is 0 Å². The molecule has 2 N–H and O–H groups in total. The van der Waals surface area contributed by atoms with E-state index in [0.29, 0.717) is 11.3 Å². The summed E-state index contributed by atoms with van der Waals surface area (Å²) in [5.41, 5.74) is 3.05. The van der Waals surface area contributed by atoms with Crippen LogP contribution in [0.1, 0.15) is 27.5 Å². The van der Waals surface area contributed by atoms with Gasteiger partial charge in [0, 0.05) is 30.9 Å². The Kier molecular flexibility index (Phi) is 7.27. The van der Waals surface area contributed by atoms with Crippen LogP contribution in [0.25, 0.3) is 0 Å². The van der Waals surface area contributed by atoms with Crippen molar-refractivity contribution in [3.63, 3.8) is 0 Å². The van der Waals surface area contributed by atoms with Gasteiger partial charge in [-0.15, -0.1) is 0 Å². The van der Waals surface area contributed by atoms with E-state index in [2.05, 4.69) is 21.6 Å². The zero-order chi connectivity index (χ0) is 22.2. The zero-order valence-corrected chi connectivity index (χ0v) is 17.9. The van der Waals surface area contributed by atoms with Crippen LogP contribution in [0.2, 0.25) is 0 Å². The molecule has 6 nitrogen and oxygen atoms in total. The lowest BCUT2D eigenvalue weighted by Crippen LogP contribution is -2.37. The number of amides is 2. The van der Waals surface area contributed by atoms with Gasteiger partial charge < -0.3 is 15.4 Å². The zero-order valence-electron chi connectivity index (χ0n) is 17.9. The molecule has 3 aromatic carbocycles. The van der Waals surface area contributed by atoms with E-state index in [0.717, 1.165) is 44.0 Å². The fourth-order valence-corrected chi connectivity index (χ4v) is 3.73. The number of hydrogen-bond acceptors (Lipinski definition) is 4. The molecule has 32 heavy (non-hydrogen) atoms. The predicted molar refractivity (Wildman–Crippen MR) is 124 cm³/mol. The molecule has 1 aliphatic rings. The molecule has 0 bridgehead atoms. The molecule has 1 atom stereocenters. The summed E-state index contributed by atoms with van der Waals surface area (Å²) in [4.78, 5) is 28.3. The topological polar surface area (TPSA) is 70.7 Å². The Morgan fingerprint density at radius 3 is 2.28 bits per heavy atom. The molecule has 0 aliphatic carbocycles. The molecule has 164 valence electrons. The van der Waals surface area contributed by atoms with Crippen LogP contribution in [0, 0.1) is 0 Å². The van der Waals surface area contributed by atoms with Crippen molar-refractivity contribution in [1.82, 2.24) is 10.2 Å². The second-order valence-corrected chi connectivity index (χ2v) is 7.76. The molecule has 1 unspecified atom stereocenters. The lowest BCUT2D eigenvalue weighted by atomic mass is 10.0. The Labute approximate surface area is 188 Å². The van der Waals surface area contributed by atoms with E-state index in [-0.39, 0.29) is 11.8 Å². The molecule has 0 saturated carbocycles. The first-order valence-corrected chi connectivity index (χ1v) is 10.8. The molecular weight excluding hydrogens is 402 g/mol. The van der Waals surface area contributed by atoms with Gasteiger partial charge in [-0.2, -0.15) is 0 Å². The minimum atomic E-state index is -0.813. The molecule has 6 heteroatoms. The summed E-state index contributed by atoms with van der Waals surface area (Å²) in [5.74, 6) is -0.584. The first-order chi connectivity index (χ1) is 15.7. The Morgan fingerprint density at radius 1 is 0.875 bits per heavy atom. The number of ether oxygens (including phenoxy) is 1. The predicted octanol–water partition coefficient (Wildman–Crippen LogP) is 3.63. The molecule has 3 aromatic rings. The number of nitrogens with zero attached hydrogens (tertiary/aromatic N) is 1. The number of carbonyl (C=O) groups excluding carboxylic acids is 2. The summed E-state index contributed by atoms with van der Waals surface area (Å²) < 4.78 is 5.41. The number of carbonyl (C=O) groups is 2. The summed E-state index contributed by atoms with van der Waals surface area (Å²) in [6, 6.07) is 25.2. The quantitative estimate of drug-likeness (QED) is 0.602. The van der Waals surface area contributed by atoms with Gasteiger partial charge in [0.1, 0.15) is 6.04 Å². The Balaban J connectivity index is 1.49. The lowest BCUT2D eigenvalue weighted by Gasteiger charge is -2.26. The highest BCUT2D eigenvalue weighted by Gasteiger charge is 2.23. The summed E-state index contributed by atoms with van der Waals surface area (Å²) >= 11 is 0. The Morgan fingerprint density at radius 2 is 1.56 bits per heavy atom. The van der Waals surface area contributed by atoms with Gasteiger partial charge in [-0.3, -0.25) is 14.5 Å². The van der Waals surface area contributed by atoms with E-state index in [9.17, 15) is 9.59 Å². The van der Waals surface area contributed by atoms with Crippen molar-refractivity contribution in [2.24, 2.45) is 0 Å². The molecule has 1 fully saturated rings. The Hall–Kier alpha value is -3.48. The number of rotatable bonds is 7. The van der Waals surface area contributed by atoms with Crippen molar-refractivity contribution in [3.8, 4) is 0 Å². The summed E-state index contributed by atoms with van der Waals surface area (Å²) in [5, 5.41) is 5.85. The largest absolute Gasteiger partial charge is 0.379 e. The highest BCUT2D eigenvalue weighted by atomic mass is 16.5. The normalized spacial score (nSPS) is 15.0. The summed E-state index contributed by atoms with van der Waals surface area (Å²) in [6.07, 6.45) is 0. The molecule has 1 saturated heterocycles. The Bertz CT molecular complexity index is 1030. The molecule has 0 aromatic heterocycles. The molecule has 1 heterocycles. The highest BCUT2D eigenvalue weighted by Crippen LogP contribution is 2.19. The van der Waals surface area contributed by atoms with Crippen molar-refractivity contribution < 1.29 is 14.3 Å². The summed E-state index contributed by atoms with van der Waals surface area (Å²) in [7, 11) is 0. The van der Waals surface area contributed by atoms with E-state index in [4.69, 9.17) is 4.74 Å². The number of morpholine rings is 1. The van der Waals surface area contributed by atoms with Gasteiger partial charge in [-0.1, -0.05) is 60.7 Å². The molecule has 4 rings (SSSR count). The molecule has 0 spiro atoms. The molecule has 2 amide bonds. The molecule has 0 radical (unpaired) electrons. The van der Waals surface area contributed by atoms with E-state index >= 15 is 0 Å². The second kappa shape index (κ2) is 10.7. The second-order valence-electron chi connectivity index (χ2n) is 7.76. The minimum absolute atomic E-state index is 0.288. The van der Waals surface area contributed by atoms with Crippen LogP contribution in [0.15, 0.2) is 84.9 Å². The van der Waals surface area contributed by atoms with Gasteiger partial charge in [0.2, 0.25) is 0 Å². The van der Waals surface area contributed by atoms with Gasteiger partial charge in [0.15, 0.2) is 0 Å².